The largest absolute Gasteiger partial charge is 0.408 e. The predicted molar refractivity (Wildman–Crippen MR) is 102 cm³/mol. The second-order valence-electron chi connectivity index (χ2n) is 7.30. The average molecular weight is 438 g/mol. The number of nitroso groups, excluding NO2 is 2. The third-order valence-corrected chi connectivity index (χ3v) is 5.53. The molecular formula is C17H17F3N8O3. The van der Waals surface area contributed by atoms with Crippen molar-refractivity contribution in [3.05, 3.63) is 40.2 Å². The van der Waals surface area contributed by atoms with Gasteiger partial charge in [-0.15, -0.1) is 9.81 Å². The van der Waals surface area contributed by atoms with Gasteiger partial charge in [-0.3, -0.25) is 4.40 Å². The zero-order chi connectivity index (χ0) is 22.3. The van der Waals surface area contributed by atoms with E-state index in [0.717, 1.165) is 10.4 Å². The van der Waals surface area contributed by atoms with E-state index in [4.69, 9.17) is 0 Å². The van der Waals surface area contributed by atoms with Crippen LogP contribution in [-0.4, -0.2) is 60.8 Å². The number of imidazole rings is 1. The van der Waals surface area contributed by atoms with Crippen LogP contribution in [0.3, 0.4) is 0 Å². The smallest absolute Gasteiger partial charge is 0.322 e. The molecule has 164 valence electrons. The molecule has 1 saturated heterocycles. The van der Waals surface area contributed by atoms with Gasteiger partial charge in [0.2, 0.25) is 0 Å². The van der Waals surface area contributed by atoms with E-state index in [0.29, 0.717) is 23.2 Å². The zero-order valence-corrected chi connectivity index (χ0v) is 16.2. The van der Waals surface area contributed by atoms with Crippen molar-refractivity contribution in [3.63, 3.8) is 0 Å². The van der Waals surface area contributed by atoms with Crippen LogP contribution in [0.2, 0.25) is 0 Å². The summed E-state index contributed by atoms with van der Waals surface area (Å²) < 4.78 is 40.9. The Hall–Kier alpha value is -3.58. The number of likely N-dealkylation sites (tertiary alicyclic amines) is 1. The number of hydrogen-bond acceptors (Lipinski definition) is 7. The monoisotopic (exact) mass is 438 g/mol. The fourth-order valence-electron chi connectivity index (χ4n) is 4.12. The highest BCUT2D eigenvalue weighted by Crippen LogP contribution is 2.36. The molecule has 0 spiro atoms. The van der Waals surface area contributed by atoms with Gasteiger partial charge in [-0.05, 0) is 12.0 Å². The van der Waals surface area contributed by atoms with E-state index in [1.54, 1.807) is 16.7 Å². The number of carbonyl (C=O) groups excluding carboxylic acids is 1. The van der Waals surface area contributed by atoms with Crippen molar-refractivity contribution >= 4 is 22.8 Å². The van der Waals surface area contributed by atoms with Crippen LogP contribution in [0.1, 0.15) is 25.0 Å². The van der Waals surface area contributed by atoms with Gasteiger partial charge < -0.3 is 4.90 Å². The summed E-state index contributed by atoms with van der Waals surface area (Å²) in [6.07, 6.45) is 0.455. The van der Waals surface area contributed by atoms with Crippen LogP contribution in [0.4, 0.5) is 18.0 Å². The summed E-state index contributed by atoms with van der Waals surface area (Å²) in [5.74, 6) is -0.348. The third kappa shape index (κ3) is 3.57. The topological polar surface area (TPSA) is 118 Å². The lowest BCUT2D eigenvalue weighted by Gasteiger charge is -2.22. The van der Waals surface area contributed by atoms with Crippen LogP contribution in [-0.2, 0) is 0 Å². The number of aromatic nitrogens is 4. The molecule has 0 unspecified atom stereocenters. The number of alkyl halides is 3. The van der Waals surface area contributed by atoms with Gasteiger partial charge in [0.1, 0.15) is 6.54 Å². The number of nitrogens with zero attached hydrogens (tertiary/aromatic N) is 8. The van der Waals surface area contributed by atoms with Gasteiger partial charge in [0, 0.05) is 37.1 Å². The highest BCUT2D eigenvalue weighted by molar-refractivity contribution is 5.76. The molecular weight excluding hydrogens is 421 g/mol. The minimum Gasteiger partial charge on any atom is -0.322 e. The summed E-state index contributed by atoms with van der Waals surface area (Å²) >= 11 is 0. The Kier molecular flexibility index (Phi) is 5.07. The molecule has 0 bridgehead atoms. The van der Waals surface area contributed by atoms with Crippen molar-refractivity contribution in [2.45, 2.75) is 25.4 Å². The van der Waals surface area contributed by atoms with E-state index in [9.17, 15) is 27.8 Å². The fourth-order valence-corrected chi connectivity index (χ4v) is 4.12. The Morgan fingerprint density at radius 2 is 2.03 bits per heavy atom. The highest BCUT2D eigenvalue weighted by atomic mass is 19.4. The summed E-state index contributed by atoms with van der Waals surface area (Å²) in [6.45, 7) is 0.416. The summed E-state index contributed by atoms with van der Waals surface area (Å²) in [6, 6.07) is 0.562. The number of hydrogen-bond donors (Lipinski definition) is 0. The van der Waals surface area contributed by atoms with Crippen LogP contribution < -0.4 is 0 Å². The first-order valence-electron chi connectivity index (χ1n) is 9.41. The lowest BCUT2D eigenvalue weighted by Crippen LogP contribution is -2.43. The van der Waals surface area contributed by atoms with Crippen molar-refractivity contribution < 1.29 is 18.0 Å². The molecule has 11 nitrogen and oxygen atoms in total. The Labute approximate surface area is 172 Å². The molecule has 4 heterocycles. The number of urea groups is 1. The average Bonchev–Trinajstić information content (AvgIpc) is 3.45. The summed E-state index contributed by atoms with van der Waals surface area (Å²) in [7, 11) is 0. The van der Waals surface area contributed by atoms with Gasteiger partial charge in [-0.1, -0.05) is 13.3 Å². The molecule has 2 atom stereocenters. The van der Waals surface area contributed by atoms with Crippen molar-refractivity contribution in [2.75, 3.05) is 19.6 Å². The first-order chi connectivity index (χ1) is 14.8. The molecule has 14 heteroatoms. The Bertz CT molecular complexity index is 1160. The first kappa shape index (κ1) is 20.7. The summed E-state index contributed by atoms with van der Waals surface area (Å²) in [5, 5.41) is 5.04. The molecule has 0 aromatic carbocycles. The summed E-state index contributed by atoms with van der Waals surface area (Å²) in [5.41, 5.74) is 2.13. The predicted octanol–water partition coefficient (Wildman–Crippen LogP) is 3.30. The van der Waals surface area contributed by atoms with Gasteiger partial charge in [0.25, 0.3) is 0 Å². The quantitative estimate of drug-likeness (QED) is 0.447. The second kappa shape index (κ2) is 7.59. The Morgan fingerprint density at radius 3 is 2.68 bits per heavy atom. The van der Waals surface area contributed by atoms with Crippen molar-refractivity contribution in [3.8, 4) is 0 Å². The van der Waals surface area contributed by atoms with Crippen molar-refractivity contribution in [1.29, 1.82) is 0 Å². The van der Waals surface area contributed by atoms with E-state index < -0.39 is 18.8 Å². The normalized spacial score (nSPS) is 19.3. The minimum atomic E-state index is -4.74. The highest BCUT2D eigenvalue weighted by Gasteiger charge is 2.41. The van der Waals surface area contributed by atoms with Crippen molar-refractivity contribution in [2.24, 2.45) is 16.5 Å². The van der Waals surface area contributed by atoms with E-state index >= 15 is 0 Å². The minimum absolute atomic E-state index is 0.0854. The SMILES string of the molecule is CC[C@@H]1CN(C(=O)N(CC(F)(F)F)N=O)C[C@@H]1c1cnc2cnc3c(ccn3N=O)n12. The van der Waals surface area contributed by atoms with Gasteiger partial charge in [-0.25, -0.2) is 14.8 Å². The molecule has 2 amide bonds. The van der Waals surface area contributed by atoms with E-state index in [2.05, 4.69) is 20.5 Å². The van der Waals surface area contributed by atoms with Crippen LogP contribution >= 0.6 is 0 Å². The molecule has 31 heavy (non-hydrogen) atoms. The molecule has 0 aliphatic carbocycles. The van der Waals surface area contributed by atoms with Gasteiger partial charge >= 0.3 is 12.2 Å². The number of carbonyl (C=O) groups is 1. The van der Waals surface area contributed by atoms with E-state index in [1.165, 1.54) is 17.3 Å². The van der Waals surface area contributed by atoms with Gasteiger partial charge in [-0.2, -0.15) is 22.9 Å². The van der Waals surface area contributed by atoms with Crippen molar-refractivity contribution in [1.82, 2.24) is 29.0 Å². The molecule has 1 aliphatic rings. The summed E-state index contributed by atoms with van der Waals surface area (Å²) in [4.78, 5) is 44.1. The second-order valence-corrected chi connectivity index (χ2v) is 7.30. The van der Waals surface area contributed by atoms with Crippen LogP contribution in [0.25, 0.3) is 16.8 Å². The molecule has 1 fully saturated rings. The Balaban J connectivity index is 1.69. The lowest BCUT2D eigenvalue weighted by molar-refractivity contribution is -0.141. The number of rotatable bonds is 5. The van der Waals surface area contributed by atoms with Crippen LogP contribution in [0.15, 0.2) is 35.2 Å². The molecule has 0 saturated carbocycles. The molecule has 0 N–H and O–H groups in total. The van der Waals surface area contributed by atoms with Gasteiger partial charge in [0.15, 0.2) is 11.3 Å². The number of amides is 2. The van der Waals surface area contributed by atoms with Gasteiger partial charge in [0.05, 0.1) is 22.3 Å². The maximum atomic E-state index is 12.7. The maximum absolute atomic E-state index is 12.7. The number of halogens is 3. The molecule has 0 radical (unpaired) electrons. The zero-order valence-electron chi connectivity index (χ0n) is 16.2. The standard InChI is InChI=1S/C17H17F3N8O3/c1-2-10-7-25(16(29)27(24-31)9-17(18,19)20)8-11(10)13-5-21-14-6-22-15-12(28(13)14)3-4-26(15)23-30/h3-6,10-11H,2,7-9H2,1H3/t10-,11+/m1/s1. The third-order valence-electron chi connectivity index (χ3n) is 5.53. The van der Waals surface area contributed by atoms with Crippen LogP contribution in [0, 0.1) is 15.7 Å². The maximum Gasteiger partial charge on any atom is 0.408 e. The lowest BCUT2D eigenvalue weighted by atomic mass is 9.91. The first-order valence-corrected chi connectivity index (χ1v) is 9.41. The van der Waals surface area contributed by atoms with E-state index in [1.807, 2.05) is 6.92 Å². The van der Waals surface area contributed by atoms with Crippen LogP contribution in [0.5, 0.6) is 0 Å². The Morgan fingerprint density at radius 1 is 1.26 bits per heavy atom. The molecule has 3 aromatic heterocycles. The fraction of sp³-hybridized carbons (Fsp3) is 0.471. The molecule has 1 aliphatic heterocycles. The number of fused-ring (bicyclic) bond motifs is 3. The van der Waals surface area contributed by atoms with E-state index in [-0.39, 0.29) is 29.9 Å². The molecule has 3 aromatic rings. The molecule has 4 rings (SSSR count).